The van der Waals surface area contributed by atoms with Crippen molar-refractivity contribution in [2.24, 2.45) is 0 Å². The number of aryl methyl sites for hydroxylation is 1. The Hall–Kier alpha value is -4.18. The topological polar surface area (TPSA) is 127 Å². The number of benzene rings is 2. The molecule has 2 aromatic heterocycles. The number of hydrogen-bond donors (Lipinski definition) is 2. The first-order chi connectivity index (χ1) is 16.5. The Morgan fingerprint density at radius 3 is 2.38 bits per heavy atom. The van der Waals surface area contributed by atoms with Crippen LogP contribution in [0.15, 0.2) is 62.5 Å². The molecular formula is C24H22N4O6. The van der Waals surface area contributed by atoms with Crippen LogP contribution < -0.4 is 16.4 Å². The zero-order valence-electron chi connectivity index (χ0n) is 18.2. The van der Waals surface area contributed by atoms with Gasteiger partial charge in [-0.1, -0.05) is 24.3 Å². The molecule has 0 atom stereocenters. The van der Waals surface area contributed by atoms with E-state index in [4.69, 9.17) is 9.15 Å². The Bertz CT molecular complexity index is 1510. The molecule has 1 fully saturated rings. The molecule has 2 aromatic carbocycles. The molecule has 0 saturated carbocycles. The van der Waals surface area contributed by atoms with Gasteiger partial charge in [0.1, 0.15) is 11.3 Å². The highest BCUT2D eigenvalue weighted by molar-refractivity contribution is 6.10. The molecule has 0 bridgehead atoms. The van der Waals surface area contributed by atoms with Crippen molar-refractivity contribution < 1.29 is 18.7 Å². The number of aromatic nitrogens is 2. The average molecular weight is 462 g/mol. The quantitative estimate of drug-likeness (QED) is 0.467. The number of aromatic amines is 1. The van der Waals surface area contributed by atoms with E-state index in [2.05, 4.69) is 10.4 Å². The van der Waals surface area contributed by atoms with Gasteiger partial charge in [-0.2, -0.15) is 0 Å². The smallest absolute Gasteiger partial charge is 0.291 e. The predicted molar refractivity (Wildman–Crippen MR) is 125 cm³/mol. The van der Waals surface area contributed by atoms with Crippen molar-refractivity contribution in [3.63, 3.8) is 0 Å². The van der Waals surface area contributed by atoms with Gasteiger partial charge in [-0.15, -0.1) is 0 Å². The maximum Gasteiger partial charge on any atom is 0.291 e. The van der Waals surface area contributed by atoms with Gasteiger partial charge in [0.15, 0.2) is 0 Å². The van der Waals surface area contributed by atoms with Crippen LogP contribution in [0.3, 0.4) is 0 Å². The SMILES string of the molecule is O=C(CCn1[nH]c(=O)c2ccccc2c1=O)Nc1c(C(=O)N2CCOCC2)oc2ccccc12. The minimum atomic E-state index is -0.427. The number of para-hydroxylation sites is 1. The minimum Gasteiger partial charge on any atom is -0.449 e. The van der Waals surface area contributed by atoms with Gasteiger partial charge in [-0.3, -0.25) is 24.3 Å². The van der Waals surface area contributed by atoms with Crippen LogP contribution in [-0.4, -0.2) is 52.8 Å². The van der Waals surface area contributed by atoms with Gasteiger partial charge >= 0.3 is 0 Å². The van der Waals surface area contributed by atoms with E-state index in [-0.39, 0.29) is 41.3 Å². The molecule has 0 unspecified atom stereocenters. The number of furan rings is 1. The number of nitrogens with one attached hydrogen (secondary N) is 2. The number of H-pyrrole nitrogens is 1. The van der Waals surface area contributed by atoms with Crippen LogP contribution in [0.2, 0.25) is 0 Å². The van der Waals surface area contributed by atoms with Gasteiger partial charge in [0, 0.05) is 24.9 Å². The van der Waals surface area contributed by atoms with E-state index in [9.17, 15) is 19.2 Å². The van der Waals surface area contributed by atoms with Crippen LogP contribution in [0, 0.1) is 0 Å². The van der Waals surface area contributed by atoms with Gasteiger partial charge in [0.2, 0.25) is 11.7 Å². The summed E-state index contributed by atoms with van der Waals surface area (Å²) in [5, 5.41) is 6.47. The predicted octanol–water partition coefficient (Wildman–Crippen LogP) is 1.94. The first-order valence-electron chi connectivity index (χ1n) is 10.9. The highest BCUT2D eigenvalue weighted by Gasteiger charge is 2.27. The second-order valence-electron chi connectivity index (χ2n) is 7.95. The van der Waals surface area contributed by atoms with Crippen molar-refractivity contribution in [2.45, 2.75) is 13.0 Å². The van der Waals surface area contributed by atoms with Gasteiger partial charge < -0.3 is 19.4 Å². The molecular weight excluding hydrogens is 440 g/mol. The number of carbonyl (C=O) groups excluding carboxylic acids is 2. The average Bonchev–Trinajstić information content (AvgIpc) is 3.23. The summed E-state index contributed by atoms with van der Waals surface area (Å²) in [7, 11) is 0. The molecule has 1 aliphatic heterocycles. The Balaban J connectivity index is 1.39. The van der Waals surface area contributed by atoms with Crippen LogP contribution in [0.5, 0.6) is 0 Å². The Labute approximate surface area is 192 Å². The van der Waals surface area contributed by atoms with Crippen LogP contribution in [-0.2, 0) is 16.1 Å². The molecule has 1 aliphatic rings. The lowest BCUT2D eigenvalue weighted by atomic mass is 10.2. The third-order valence-corrected chi connectivity index (χ3v) is 5.80. The summed E-state index contributed by atoms with van der Waals surface area (Å²) in [5.41, 5.74) is -0.0318. The molecule has 1 saturated heterocycles. The van der Waals surface area contributed by atoms with Crippen molar-refractivity contribution in [3.05, 3.63) is 75.0 Å². The van der Waals surface area contributed by atoms with E-state index in [1.165, 1.54) is 0 Å². The van der Waals surface area contributed by atoms with E-state index in [0.717, 1.165) is 4.68 Å². The fourth-order valence-electron chi connectivity index (χ4n) is 4.05. The van der Waals surface area contributed by atoms with E-state index in [1.54, 1.807) is 53.4 Å². The number of ether oxygens (including phenoxy) is 1. The highest BCUT2D eigenvalue weighted by Crippen LogP contribution is 2.32. The zero-order chi connectivity index (χ0) is 23.7. The van der Waals surface area contributed by atoms with Gasteiger partial charge in [0.25, 0.3) is 17.0 Å². The van der Waals surface area contributed by atoms with Crippen LogP contribution >= 0.6 is 0 Å². The number of nitrogens with zero attached hydrogens (tertiary/aromatic N) is 2. The standard InChI is InChI=1S/C24H22N4O6/c29-19(9-10-28-23(31)16-6-2-1-5-15(16)22(30)26-28)25-20-17-7-3-4-8-18(17)34-21(20)24(32)27-11-13-33-14-12-27/h1-8H,9-14H2,(H,25,29)(H,26,30). The highest BCUT2D eigenvalue weighted by atomic mass is 16.5. The van der Waals surface area contributed by atoms with E-state index >= 15 is 0 Å². The van der Waals surface area contributed by atoms with Crippen molar-refractivity contribution >= 4 is 39.2 Å². The monoisotopic (exact) mass is 462 g/mol. The van der Waals surface area contributed by atoms with Gasteiger partial charge in [-0.25, -0.2) is 4.68 Å². The van der Waals surface area contributed by atoms with Gasteiger partial charge in [-0.05, 0) is 24.3 Å². The summed E-state index contributed by atoms with van der Waals surface area (Å²) in [4.78, 5) is 52.5. The maximum atomic E-state index is 13.1. The minimum absolute atomic E-state index is 0.0345. The Kier molecular flexibility index (Phi) is 5.72. The molecule has 3 heterocycles. The largest absolute Gasteiger partial charge is 0.449 e. The fraction of sp³-hybridized carbons (Fsp3) is 0.250. The van der Waals surface area contributed by atoms with E-state index in [1.807, 2.05) is 0 Å². The van der Waals surface area contributed by atoms with Crippen molar-refractivity contribution in [1.29, 1.82) is 0 Å². The van der Waals surface area contributed by atoms with E-state index in [0.29, 0.717) is 42.7 Å². The molecule has 34 heavy (non-hydrogen) atoms. The second-order valence-corrected chi connectivity index (χ2v) is 7.95. The molecule has 10 nitrogen and oxygen atoms in total. The number of fused-ring (bicyclic) bond motifs is 2. The summed E-state index contributed by atoms with van der Waals surface area (Å²) in [6.45, 7) is 1.70. The van der Waals surface area contributed by atoms with Gasteiger partial charge in [0.05, 0.1) is 30.5 Å². The lowest BCUT2D eigenvalue weighted by molar-refractivity contribution is -0.116. The normalized spacial score (nSPS) is 13.9. The molecule has 2 amide bonds. The lowest BCUT2D eigenvalue weighted by Crippen LogP contribution is -2.40. The number of amides is 2. The van der Waals surface area contributed by atoms with Crippen molar-refractivity contribution in [2.75, 3.05) is 31.6 Å². The summed E-state index contributed by atoms with van der Waals surface area (Å²) in [6, 6.07) is 13.6. The van der Waals surface area contributed by atoms with Crippen LogP contribution in [0.4, 0.5) is 5.69 Å². The first-order valence-corrected chi connectivity index (χ1v) is 10.9. The molecule has 0 radical (unpaired) electrons. The third-order valence-electron chi connectivity index (χ3n) is 5.80. The van der Waals surface area contributed by atoms with Crippen LogP contribution in [0.25, 0.3) is 21.7 Å². The lowest BCUT2D eigenvalue weighted by Gasteiger charge is -2.26. The summed E-state index contributed by atoms with van der Waals surface area (Å²) in [5.74, 6) is -0.707. The van der Waals surface area contributed by atoms with E-state index < -0.39 is 11.5 Å². The Morgan fingerprint density at radius 2 is 1.62 bits per heavy atom. The molecule has 0 spiro atoms. The summed E-state index contributed by atoms with van der Waals surface area (Å²) >= 11 is 0. The summed E-state index contributed by atoms with van der Waals surface area (Å²) in [6.07, 6.45) is -0.0983. The number of anilines is 1. The zero-order valence-corrected chi connectivity index (χ0v) is 18.2. The molecule has 2 N–H and O–H groups in total. The first kappa shape index (κ1) is 21.7. The molecule has 10 heteroatoms. The third kappa shape index (κ3) is 3.99. The number of morpholine rings is 1. The molecule has 174 valence electrons. The molecule has 5 rings (SSSR count). The Morgan fingerprint density at radius 1 is 0.941 bits per heavy atom. The maximum absolute atomic E-state index is 13.1. The van der Waals surface area contributed by atoms with Crippen molar-refractivity contribution in [3.8, 4) is 0 Å². The summed E-state index contributed by atoms with van der Waals surface area (Å²) < 4.78 is 12.2. The number of hydrogen-bond acceptors (Lipinski definition) is 6. The second kappa shape index (κ2) is 8.99. The van der Waals surface area contributed by atoms with Crippen molar-refractivity contribution in [1.82, 2.24) is 14.7 Å². The number of carbonyl (C=O) groups is 2. The molecule has 0 aliphatic carbocycles. The molecule has 4 aromatic rings. The number of rotatable bonds is 5. The van der Waals surface area contributed by atoms with Crippen LogP contribution in [0.1, 0.15) is 17.0 Å². The fourth-order valence-corrected chi connectivity index (χ4v) is 4.05.